The SMILES string of the molecule is Cc1cc[n+](-c2ccc([N+](=O)[O-])cc2[N+](=O)[O-])cc1.[Cl-]. The maximum absolute atomic E-state index is 11.0. The zero-order valence-electron chi connectivity index (χ0n) is 10.4. The molecule has 20 heavy (non-hydrogen) atoms. The Morgan fingerprint density at radius 2 is 1.60 bits per heavy atom. The van der Waals surface area contributed by atoms with Gasteiger partial charge >= 0.3 is 5.69 Å². The van der Waals surface area contributed by atoms with E-state index in [4.69, 9.17) is 0 Å². The van der Waals surface area contributed by atoms with Gasteiger partial charge in [-0.25, -0.2) is 0 Å². The molecule has 0 atom stereocenters. The Kier molecular flexibility index (Phi) is 4.71. The summed E-state index contributed by atoms with van der Waals surface area (Å²) in [6.07, 6.45) is 3.34. The fourth-order valence-electron chi connectivity index (χ4n) is 1.65. The van der Waals surface area contributed by atoms with Crippen molar-refractivity contribution < 1.29 is 26.8 Å². The summed E-state index contributed by atoms with van der Waals surface area (Å²) in [5.41, 5.74) is 0.697. The number of hydrogen-bond donors (Lipinski definition) is 0. The average molecular weight is 296 g/mol. The summed E-state index contributed by atoms with van der Waals surface area (Å²) in [5, 5.41) is 21.7. The fraction of sp³-hybridized carbons (Fsp3) is 0.0833. The van der Waals surface area contributed by atoms with Crippen molar-refractivity contribution in [3.63, 3.8) is 0 Å². The van der Waals surface area contributed by atoms with Crippen molar-refractivity contribution in [3.05, 3.63) is 68.5 Å². The standard InChI is InChI=1S/C12H10N3O4.ClH/c1-9-4-6-13(7-5-9)11-3-2-10(14(16)17)8-12(11)15(18)19;/h2-8H,1H3;1H/q+1;/p-1. The van der Waals surface area contributed by atoms with E-state index in [9.17, 15) is 20.2 Å². The summed E-state index contributed by atoms with van der Waals surface area (Å²) >= 11 is 0. The first kappa shape index (κ1) is 15.5. The molecule has 1 aromatic carbocycles. The van der Waals surface area contributed by atoms with Crippen molar-refractivity contribution in [2.45, 2.75) is 6.92 Å². The monoisotopic (exact) mass is 295 g/mol. The number of nitro groups is 2. The van der Waals surface area contributed by atoms with Crippen LogP contribution in [0.15, 0.2) is 42.7 Å². The molecule has 1 aromatic heterocycles. The van der Waals surface area contributed by atoms with Gasteiger partial charge < -0.3 is 12.4 Å². The number of halogens is 1. The molecule has 7 nitrogen and oxygen atoms in total. The number of rotatable bonds is 3. The van der Waals surface area contributed by atoms with E-state index < -0.39 is 9.85 Å². The highest BCUT2D eigenvalue weighted by Gasteiger charge is 2.25. The lowest BCUT2D eigenvalue weighted by atomic mass is 10.2. The lowest BCUT2D eigenvalue weighted by Crippen LogP contribution is -3.00. The Bertz CT molecular complexity index is 658. The first-order valence-electron chi connectivity index (χ1n) is 5.40. The Morgan fingerprint density at radius 3 is 2.10 bits per heavy atom. The van der Waals surface area contributed by atoms with Crippen LogP contribution in [-0.2, 0) is 0 Å². The molecular formula is C12H10ClN3O4. The minimum Gasteiger partial charge on any atom is -1.00 e. The molecule has 0 saturated carbocycles. The number of pyridine rings is 1. The Labute approximate surface area is 120 Å². The van der Waals surface area contributed by atoms with Crippen LogP contribution in [0.3, 0.4) is 0 Å². The highest BCUT2D eigenvalue weighted by molar-refractivity contribution is 5.53. The molecule has 0 radical (unpaired) electrons. The van der Waals surface area contributed by atoms with Crippen LogP contribution in [0.25, 0.3) is 5.69 Å². The van der Waals surface area contributed by atoms with Crippen molar-refractivity contribution in [3.8, 4) is 5.69 Å². The van der Waals surface area contributed by atoms with Gasteiger partial charge in [-0.2, -0.15) is 4.57 Å². The second kappa shape index (κ2) is 6.07. The highest BCUT2D eigenvalue weighted by Crippen LogP contribution is 2.24. The minimum absolute atomic E-state index is 0. The number of aromatic nitrogens is 1. The molecule has 104 valence electrons. The molecule has 2 aromatic rings. The molecule has 0 saturated heterocycles. The quantitative estimate of drug-likeness (QED) is 0.416. The second-order valence-corrected chi connectivity index (χ2v) is 3.97. The van der Waals surface area contributed by atoms with Gasteiger partial charge in [0.25, 0.3) is 11.4 Å². The molecule has 0 aliphatic rings. The topological polar surface area (TPSA) is 90.2 Å². The zero-order valence-corrected chi connectivity index (χ0v) is 11.1. The van der Waals surface area contributed by atoms with Gasteiger partial charge in [-0.15, -0.1) is 0 Å². The summed E-state index contributed by atoms with van der Waals surface area (Å²) in [7, 11) is 0. The van der Waals surface area contributed by atoms with Crippen LogP contribution in [0.2, 0.25) is 0 Å². The van der Waals surface area contributed by atoms with Crippen molar-refractivity contribution in [2.75, 3.05) is 0 Å². The van der Waals surface area contributed by atoms with Crippen LogP contribution in [0.5, 0.6) is 0 Å². The van der Waals surface area contributed by atoms with Crippen LogP contribution in [0.1, 0.15) is 5.56 Å². The van der Waals surface area contributed by atoms with Gasteiger partial charge in [-0.3, -0.25) is 20.2 Å². The molecule has 0 unspecified atom stereocenters. The van der Waals surface area contributed by atoms with Gasteiger partial charge in [0.05, 0.1) is 9.85 Å². The van der Waals surface area contributed by atoms with Crippen LogP contribution in [0.4, 0.5) is 11.4 Å². The van der Waals surface area contributed by atoms with E-state index in [1.54, 1.807) is 29.1 Å². The number of nitrogens with zero attached hydrogens (tertiary/aromatic N) is 3. The van der Waals surface area contributed by atoms with Crippen molar-refractivity contribution in [1.29, 1.82) is 0 Å². The van der Waals surface area contributed by atoms with E-state index in [0.717, 1.165) is 11.6 Å². The summed E-state index contributed by atoms with van der Waals surface area (Å²) in [5.74, 6) is 0. The lowest BCUT2D eigenvalue weighted by molar-refractivity contribution is -0.601. The van der Waals surface area contributed by atoms with Crippen LogP contribution >= 0.6 is 0 Å². The predicted octanol–water partition coefficient (Wildman–Crippen LogP) is -0.908. The lowest BCUT2D eigenvalue weighted by Gasteiger charge is -1.98. The van der Waals surface area contributed by atoms with Gasteiger partial charge in [-0.05, 0) is 12.5 Å². The summed E-state index contributed by atoms with van der Waals surface area (Å²) < 4.78 is 1.55. The van der Waals surface area contributed by atoms with Crippen molar-refractivity contribution in [2.24, 2.45) is 0 Å². The molecule has 8 heteroatoms. The molecule has 0 amide bonds. The number of benzene rings is 1. The van der Waals surface area contributed by atoms with Gasteiger partial charge in [0.1, 0.15) is 6.07 Å². The van der Waals surface area contributed by atoms with E-state index in [0.29, 0.717) is 0 Å². The second-order valence-electron chi connectivity index (χ2n) is 3.97. The number of non-ortho nitro benzene ring substituents is 1. The summed E-state index contributed by atoms with van der Waals surface area (Å²) in [6, 6.07) is 7.17. The van der Waals surface area contributed by atoms with E-state index in [1.807, 2.05) is 6.92 Å². The first-order valence-corrected chi connectivity index (χ1v) is 5.40. The van der Waals surface area contributed by atoms with E-state index in [1.165, 1.54) is 12.1 Å². The van der Waals surface area contributed by atoms with Crippen molar-refractivity contribution in [1.82, 2.24) is 0 Å². The Hall–Kier alpha value is -2.54. The number of nitro benzene ring substituents is 2. The third-order valence-electron chi connectivity index (χ3n) is 2.64. The molecule has 1 heterocycles. The molecule has 2 rings (SSSR count). The smallest absolute Gasteiger partial charge is 0.347 e. The normalized spacial score (nSPS) is 9.65. The van der Waals surface area contributed by atoms with E-state index in [-0.39, 0.29) is 29.5 Å². The molecule has 0 aliphatic heterocycles. The molecule has 0 aliphatic carbocycles. The zero-order chi connectivity index (χ0) is 14.0. The fourth-order valence-corrected chi connectivity index (χ4v) is 1.65. The van der Waals surface area contributed by atoms with E-state index >= 15 is 0 Å². The first-order chi connectivity index (χ1) is 8.99. The Morgan fingerprint density at radius 1 is 1.00 bits per heavy atom. The van der Waals surface area contributed by atoms with E-state index in [2.05, 4.69) is 0 Å². The largest absolute Gasteiger partial charge is 1.00 e. The maximum atomic E-state index is 11.0. The molecule has 0 bridgehead atoms. The predicted molar refractivity (Wildman–Crippen MR) is 66.0 cm³/mol. The van der Waals surface area contributed by atoms with Gasteiger partial charge in [0.15, 0.2) is 12.4 Å². The number of aryl methyl sites for hydroxylation is 1. The summed E-state index contributed by atoms with van der Waals surface area (Å²) in [6.45, 7) is 1.90. The van der Waals surface area contributed by atoms with Gasteiger partial charge in [0, 0.05) is 24.3 Å². The van der Waals surface area contributed by atoms with Crippen LogP contribution in [-0.4, -0.2) is 9.85 Å². The third-order valence-corrected chi connectivity index (χ3v) is 2.64. The molecular weight excluding hydrogens is 286 g/mol. The van der Waals surface area contributed by atoms with Crippen LogP contribution < -0.4 is 17.0 Å². The maximum Gasteiger partial charge on any atom is 0.347 e. The van der Waals surface area contributed by atoms with Crippen molar-refractivity contribution >= 4 is 11.4 Å². The van der Waals surface area contributed by atoms with Gasteiger partial charge in [0.2, 0.25) is 0 Å². The molecule has 0 spiro atoms. The summed E-state index contributed by atoms with van der Waals surface area (Å²) in [4.78, 5) is 20.4. The van der Waals surface area contributed by atoms with Gasteiger partial charge in [-0.1, -0.05) is 0 Å². The van der Waals surface area contributed by atoms with Crippen LogP contribution in [0, 0.1) is 27.2 Å². The molecule has 0 fully saturated rings. The number of hydrogen-bond acceptors (Lipinski definition) is 4. The minimum atomic E-state index is -0.656. The average Bonchev–Trinajstić information content (AvgIpc) is 2.38. The third kappa shape index (κ3) is 3.07. The highest BCUT2D eigenvalue weighted by atomic mass is 35.5. The molecule has 0 N–H and O–H groups in total. The Balaban J connectivity index is 0.00000200.